The smallest absolute Gasteiger partial charge is 0.274 e. The number of nitrogens with zero attached hydrogens (tertiary/aromatic N) is 3. The molecule has 1 fully saturated rings. The molecule has 1 saturated heterocycles. The molecule has 7 heteroatoms. The topological polar surface area (TPSA) is 91.0 Å². The summed E-state index contributed by atoms with van der Waals surface area (Å²) in [5, 5.41) is 10.9. The van der Waals surface area contributed by atoms with E-state index in [0.717, 1.165) is 16.6 Å². The van der Waals surface area contributed by atoms with Crippen molar-refractivity contribution < 1.29 is 9.59 Å². The highest BCUT2D eigenvalue weighted by atomic mass is 16.2. The van der Waals surface area contributed by atoms with Crippen LogP contribution in [0, 0.1) is 5.92 Å². The highest BCUT2D eigenvalue weighted by molar-refractivity contribution is 6.04. The van der Waals surface area contributed by atoms with Gasteiger partial charge in [-0.2, -0.15) is 5.10 Å². The molecule has 1 aliphatic heterocycles. The average Bonchev–Trinajstić information content (AvgIpc) is 3.16. The Labute approximate surface area is 156 Å². The van der Waals surface area contributed by atoms with Crippen LogP contribution in [0.4, 0.5) is 0 Å². The van der Waals surface area contributed by atoms with E-state index < -0.39 is 0 Å². The molecule has 0 radical (unpaired) electrons. The number of fused-ring (bicyclic) bond motifs is 1. The third-order valence-electron chi connectivity index (χ3n) is 5.00. The van der Waals surface area contributed by atoms with Crippen LogP contribution in [0.15, 0.2) is 48.7 Å². The zero-order chi connectivity index (χ0) is 18.6. The van der Waals surface area contributed by atoms with Crippen molar-refractivity contribution in [1.29, 1.82) is 0 Å². The number of carbonyl (C=O) groups is 2. The maximum atomic E-state index is 12.8. The van der Waals surface area contributed by atoms with Gasteiger partial charge in [0.15, 0.2) is 5.69 Å². The van der Waals surface area contributed by atoms with E-state index in [1.54, 1.807) is 11.1 Å². The van der Waals surface area contributed by atoms with Gasteiger partial charge in [-0.3, -0.25) is 19.7 Å². The van der Waals surface area contributed by atoms with Crippen LogP contribution >= 0.6 is 0 Å². The molecule has 0 unspecified atom stereocenters. The molecule has 2 amide bonds. The van der Waals surface area contributed by atoms with Crippen LogP contribution in [0.2, 0.25) is 0 Å². The fraction of sp³-hybridized carbons (Fsp3) is 0.300. The van der Waals surface area contributed by atoms with Crippen LogP contribution in [-0.2, 0) is 11.3 Å². The van der Waals surface area contributed by atoms with Gasteiger partial charge in [0, 0.05) is 30.6 Å². The molecule has 4 rings (SSSR count). The van der Waals surface area contributed by atoms with E-state index in [1.807, 2.05) is 42.5 Å². The molecule has 0 spiro atoms. The fourth-order valence-corrected chi connectivity index (χ4v) is 3.45. The van der Waals surface area contributed by atoms with Gasteiger partial charge in [0.1, 0.15) is 0 Å². The van der Waals surface area contributed by atoms with E-state index >= 15 is 0 Å². The van der Waals surface area contributed by atoms with Gasteiger partial charge in [0.05, 0.1) is 17.8 Å². The normalized spacial score (nSPS) is 15.0. The maximum absolute atomic E-state index is 12.8. The summed E-state index contributed by atoms with van der Waals surface area (Å²) in [6.07, 6.45) is 3.02. The molecule has 1 aromatic carbocycles. The van der Waals surface area contributed by atoms with E-state index in [0.29, 0.717) is 38.2 Å². The zero-order valence-corrected chi connectivity index (χ0v) is 14.9. The number of benzene rings is 1. The second kappa shape index (κ2) is 7.57. The lowest BCUT2D eigenvalue weighted by molar-refractivity contribution is -0.126. The third kappa shape index (κ3) is 3.67. The number of amides is 2. The van der Waals surface area contributed by atoms with Crippen LogP contribution in [0.5, 0.6) is 0 Å². The predicted octanol–water partition coefficient (Wildman–Crippen LogP) is 2.13. The Kier molecular flexibility index (Phi) is 4.82. The number of para-hydroxylation sites is 1. The summed E-state index contributed by atoms with van der Waals surface area (Å²) < 4.78 is 0. The van der Waals surface area contributed by atoms with Crippen molar-refractivity contribution in [1.82, 2.24) is 25.4 Å². The van der Waals surface area contributed by atoms with Crippen LogP contribution < -0.4 is 5.32 Å². The molecule has 3 aromatic rings. The van der Waals surface area contributed by atoms with Crippen LogP contribution in [-0.4, -0.2) is 45.0 Å². The fourth-order valence-electron chi connectivity index (χ4n) is 3.45. The van der Waals surface area contributed by atoms with Crippen molar-refractivity contribution in [2.45, 2.75) is 19.4 Å². The first-order valence-corrected chi connectivity index (χ1v) is 9.12. The summed E-state index contributed by atoms with van der Waals surface area (Å²) >= 11 is 0. The molecule has 3 heterocycles. The lowest BCUT2D eigenvalue weighted by atomic mass is 9.95. The summed E-state index contributed by atoms with van der Waals surface area (Å²) in [6.45, 7) is 1.54. The summed E-state index contributed by atoms with van der Waals surface area (Å²) in [5.74, 6) is -0.133. The number of hydrogen-bond donors (Lipinski definition) is 2. The van der Waals surface area contributed by atoms with Gasteiger partial charge in [-0.15, -0.1) is 0 Å². The summed E-state index contributed by atoms with van der Waals surface area (Å²) in [7, 11) is 0. The highest BCUT2D eigenvalue weighted by Gasteiger charge is 2.29. The minimum absolute atomic E-state index is 0.0259. The SMILES string of the molecule is O=C(NCc1ccccn1)C1CCN(C(=O)c2n[nH]c3ccccc23)CC1. The molecule has 2 N–H and O–H groups in total. The second-order valence-corrected chi connectivity index (χ2v) is 6.72. The van der Waals surface area contributed by atoms with Gasteiger partial charge >= 0.3 is 0 Å². The number of nitrogens with one attached hydrogen (secondary N) is 2. The molecule has 1 aliphatic rings. The summed E-state index contributed by atoms with van der Waals surface area (Å²) in [6, 6.07) is 13.2. The van der Waals surface area contributed by atoms with E-state index in [1.165, 1.54) is 0 Å². The molecule has 27 heavy (non-hydrogen) atoms. The first-order chi connectivity index (χ1) is 13.2. The minimum Gasteiger partial charge on any atom is -0.350 e. The second-order valence-electron chi connectivity index (χ2n) is 6.72. The van der Waals surface area contributed by atoms with E-state index in [2.05, 4.69) is 20.5 Å². The number of aromatic amines is 1. The molecular weight excluding hydrogens is 342 g/mol. The van der Waals surface area contributed by atoms with E-state index in [-0.39, 0.29) is 17.7 Å². The molecular formula is C20H21N5O2. The van der Waals surface area contributed by atoms with Crippen molar-refractivity contribution >= 4 is 22.7 Å². The molecule has 7 nitrogen and oxygen atoms in total. The average molecular weight is 363 g/mol. The van der Waals surface area contributed by atoms with Crippen LogP contribution in [0.25, 0.3) is 10.9 Å². The monoisotopic (exact) mass is 363 g/mol. The third-order valence-corrected chi connectivity index (χ3v) is 5.00. The Morgan fingerprint density at radius 3 is 2.67 bits per heavy atom. The number of pyridine rings is 1. The summed E-state index contributed by atoms with van der Waals surface area (Å²) in [4.78, 5) is 31.2. The highest BCUT2D eigenvalue weighted by Crippen LogP contribution is 2.22. The lowest BCUT2D eigenvalue weighted by Gasteiger charge is -2.31. The maximum Gasteiger partial charge on any atom is 0.274 e. The molecule has 0 aliphatic carbocycles. The Morgan fingerprint density at radius 2 is 1.89 bits per heavy atom. The first kappa shape index (κ1) is 17.2. The number of rotatable bonds is 4. The minimum atomic E-state index is -0.0835. The van der Waals surface area contributed by atoms with Crippen molar-refractivity contribution in [3.05, 3.63) is 60.0 Å². The van der Waals surface area contributed by atoms with E-state index in [4.69, 9.17) is 0 Å². The first-order valence-electron chi connectivity index (χ1n) is 9.12. The number of likely N-dealkylation sites (tertiary alicyclic amines) is 1. The Morgan fingerprint density at radius 1 is 1.11 bits per heavy atom. The van der Waals surface area contributed by atoms with E-state index in [9.17, 15) is 9.59 Å². The van der Waals surface area contributed by atoms with Crippen molar-refractivity contribution in [3.8, 4) is 0 Å². The van der Waals surface area contributed by atoms with Gasteiger partial charge in [-0.25, -0.2) is 0 Å². The molecule has 0 saturated carbocycles. The predicted molar refractivity (Wildman–Crippen MR) is 101 cm³/mol. The quantitative estimate of drug-likeness (QED) is 0.743. The molecule has 2 aromatic heterocycles. The number of carbonyl (C=O) groups excluding carboxylic acids is 2. The Balaban J connectivity index is 1.33. The van der Waals surface area contributed by atoms with Crippen LogP contribution in [0.1, 0.15) is 29.0 Å². The van der Waals surface area contributed by atoms with Gasteiger partial charge in [-0.1, -0.05) is 24.3 Å². The van der Waals surface area contributed by atoms with Gasteiger partial charge in [0.25, 0.3) is 5.91 Å². The largest absolute Gasteiger partial charge is 0.350 e. The lowest BCUT2D eigenvalue weighted by Crippen LogP contribution is -2.43. The molecule has 0 bridgehead atoms. The summed E-state index contributed by atoms with van der Waals surface area (Å²) in [5.41, 5.74) is 2.14. The number of aromatic nitrogens is 3. The standard InChI is InChI=1S/C20H21N5O2/c26-19(22-13-15-5-3-4-10-21-15)14-8-11-25(12-9-14)20(27)18-16-6-1-2-7-17(16)23-24-18/h1-7,10,14H,8-9,11-13H2,(H,22,26)(H,23,24). The van der Waals surface area contributed by atoms with Crippen molar-refractivity contribution in [3.63, 3.8) is 0 Å². The number of H-pyrrole nitrogens is 1. The Hall–Kier alpha value is -3.22. The Bertz CT molecular complexity index is 945. The zero-order valence-electron chi connectivity index (χ0n) is 14.9. The molecule has 138 valence electrons. The number of hydrogen-bond acceptors (Lipinski definition) is 4. The van der Waals surface area contributed by atoms with Crippen LogP contribution in [0.3, 0.4) is 0 Å². The van der Waals surface area contributed by atoms with Crippen molar-refractivity contribution in [2.75, 3.05) is 13.1 Å². The molecule has 0 atom stereocenters. The van der Waals surface area contributed by atoms with Gasteiger partial charge in [0.2, 0.25) is 5.91 Å². The van der Waals surface area contributed by atoms with Gasteiger partial charge in [-0.05, 0) is 31.0 Å². The van der Waals surface area contributed by atoms with Gasteiger partial charge < -0.3 is 10.2 Å². The number of piperidine rings is 1. The van der Waals surface area contributed by atoms with Crippen molar-refractivity contribution in [2.24, 2.45) is 5.92 Å².